The zero-order chi connectivity index (χ0) is 15.5. The van der Waals surface area contributed by atoms with Crippen LogP contribution in [-0.4, -0.2) is 75.9 Å². The topological polar surface area (TPSA) is 43.9 Å². The highest BCUT2D eigenvalue weighted by atomic mass is 32.2. The van der Waals surface area contributed by atoms with E-state index < -0.39 is 10.0 Å². The van der Waals surface area contributed by atoms with Gasteiger partial charge in [-0.15, -0.1) is 0 Å². The third-order valence-corrected chi connectivity index (χ3v) is 5.90. The lowest BCUT2D eigenvalue weighted by atomic mass is 10.2. The Balaban J connectivity index is 2.21. The van der Waals surface area contributed by atoms with E-state index in [2.05, 4.69) is 9.80 Å². The number of aryl methyl sites for hydroxylation is 1. The molecule has 0 saturated carbocycles. The van der Waals surface area contributed by atoms with Crippen molar-refractivity contribution in [1.82, 2.24) is 14.1 Å². The molecule has 1 fully saturated rings. The van der Waals surface area contributed by atoms with Gasteiger partial charge in [0.1, 0.15) is 0 Å². The van der Waals surface area contributed by atoms with Gasteiger partial charge in [-0.1, -0.05) is 17.7 Å². The van der Waals surface area contributed by atoms with Crippen LogP contribution in [-0.2, 0) is 10.0 Å². The fourth-order valence-corrected chi connectivity index (χ4v) is 3.76. The Morgan fingerprint density at radius 2 is 1.24 bits per heavy atom. The molecule has 5 nitrogen and oxygen atoms in total. The first-order valence-electron chi connectivity index (χ1n) is 7.33. The average molecular weight is 311 g/mol. The average Bonchev–Trinajstić information content (AvgIpc) is 2.52. The molecule has 1 aromatic rings. The molecule has 1 aliphatic heterocycles. The van der Waals surface area contributed by atoms with Crippen LogP contribution >= 0.6 is 0 Å². The van der Waals surface area contributed by atoms with Crippen molar-refractivity contribution in [3.63, 3.8) is 0 Å². The van der Waals surface area contributed by atoms with Crippen molar-refractivity contribution in [2.75, 3.05) is 53.4 Å². The van der Waals surface area contributed by atoms with Gasteiger partial charge in [0.25, 0.3) is 0 Å². The van der Waals surface area contributed by atoms with E-state index in [1.807, 2.05) is 33.2 Å². The number of nitrogens with zero attached hydrogens (tertiary/aromatic N) is 3. The minimum atomic E-state index is -3.40. The largest absolute Gasteiger partial charge is 0.304 e. The Kier molecular flexibility index (Phi) is 5.37. The van der Waals surface area contributed by atoms with Crippen LogP contribution in [0.3, 0.4) is 0 Å². The first-order chi connectivity index (χ1) is 9.89. The molecule has 1 saturated heterocycles. The van der Waals surface area contributed by atoms with E-state index in [4.69, 9.17) is 0 Å². The van der Waals surface area contributed by atoms with Gasteiger partial charge >= 0.3 is 0 Å². The third-order valence-electron chi connectivity index (χ3n) is 3.98. The predicted octanol–water partition coefficient (Wildman–Crippen LogP) is 0.863. The van der Waals surface area contributed by atoms with Crippen LogP contribution in [0.25, 0.3) is 0 Å². The van der Waals surface area contributed by atoms with E-state index in [9.17, 15) is 8.42 Å². The third kappa shape index (κ3) is 4.26. The molecule has 0 radical (unpaired) electrons. The molecule has 1 aromatic carbocycles. The smallest absolute Gasteiger partial charge is 0.243 e. The van der Waals surface area contributed by atoms with Gasteiger partial charge in [-0.25, -0.2) is 8.42 Å². The maximum Gasteiger partial charge on any atom is 0.243 e. The lowest BCUT2D eigenvalue weighted by Crippen LogP contribution is -2.39. The van der Waals surface area contributed by atoms with Crippen molar-refractivity contribution in [1.29, 1.82) is 0 Å². The molecule has 0 bridgehead atoms. The summed E-state index contributed by atoms with van der Waals surface area (Å²) >= 11 is 0. The Labute approximate surface area is 128 Å². The van der Waals surface area contributed by atoms with Gasteiger partial charge in [-0.05, 0) is 33.2 Å². The second-order valence-corrected chi connectivity index (χ2v) is 7.76. The SMILES string of the molecule is Cc1ccc(S(=O)(=O)N2CCN(C)CCN(C)CC2)cc1. The second-order valence-electron chi connectivity index (χ2n) is 5.82. The molecular weight excluding hydrogens is 286 g/mol. The van der Waals surface area contributed by atoms with Crippen molar-refractivity contribution in [3.05, 3.63) is 29.8 Å². The van der Waals surface area contributed by atoms with E-state index in [0.29, 0.717) is 18.0 Å². The second kappa shape index (κ2) is 6.87. The predicted molar refractivity (Wildman–Crippen MR) is 84.9 cm³/mol. The summed E-state index contributed by atoms with van der Waals surface area (Å²) in [6, 6.07) is 7.10. The summed E-state index contributed by atoms with van der Waals surface area (Å²) in [7, 11) is 0.674. The first kappa shape index (κ1) is 16.4. The number of sulfonamides is 1. The fraction of sp³-hybridized carbons (Fsp3) is 0.600. The minimum Gasteiger partial charge on any atom is -0.304 e. The number of hydrogen-bond acceptors (Lipinski definition) is 4. The highest BCUT2D eigenvalue weighted by molar-refractivity contribution is 7.89. The van der Waals surface area contributed by atoms with Crippen LogP contribution in [0.1, 0.15) is 5.56 Å². The molecule has 21 heavy (non-hydrogen) atoms. The molecule has 0 unspecified atom stereocenters. The van der Waals surface area contributed by atoms with Crippen molar-refractivity contribution in [3.8, 4) is 0 Å². The molecule has 0 amide bonds. The summed E-state index contributed by atoms with van der Waals surface area (Å²) in [5.41, 5.74) is 1.07. The van der Waals surface area contributed by atoms with Crippen LogP contribution in [0, 0.1) is 6.92 Å². The van der Waals surface area contributed by atoms with E-state index in [-0.39, 0.29) is 0 Å². The Morgan fingerprint density at radius 1 is 0.810 bits per heavy atom. The zero-order valence-corrected chi connectivity index (χ0v) is 13.9. The van der Waals surface area contributed by atoms with Gasteiger partial charge in [0.05, 0.1) is 4.90 Å². The monoisotopic (exact) mass is 311 g/mol. The summed E-state index contributed by atoms with van der Waals surface area (Å²) in [6.07, 6.45) is 0. The maximum atomic E-state index is 12.8. The Bertz CT molecular complexity index is 543. The summed E-state index contributed by atoms with van der Waals surface area (Å²) in [6.45, 7) is 6.50. The number of hydrogen-bond donors (Lipinski definition) is 0. The van der Waals surface area contributed by atoms with Gasteiger partial charge in [-0.3, -0.25) is 0 Å². The lowest BCUT2D eigenvalue weighted by molar-refractivity contribution is 0.277. The Hall–Kier alpha value is -0.950. The molecule has 1 heterocycles. The zero-order valence-electron chi connectivity index (χ0n) is 13.1. The van der Waals surface area contributed by atoms with Gasteiger partial charge in [0.15, 0.2) is 0 Å². The molecule has 0 aromatic heterocycles. The lowest BCUT2D eigenvalue weighted by Gasteiger charge is -2.23. The molecule has 2 rings (SSSR count). The summed E-state index contributed by atoms with van der Waals surface area (Å²) < 4.78 is 27.2. The summed E-state index contributed by atoms with van der Waals surface area (Å²) in [4.78, 5) is 4.75. The van der Waals surface area contributed by atoms with Crippen LogP contribution in [0.4, 0.5) is 0 Å². The number of rotatable bonds is 2. The van der Waals surface area contributed by atoms with Crippen molar-refractivity contribution >= 4 is 10.0 Å². The van der Waals surface area contributed by atoms with Crippen LogP contribution in [0.2, 0.25) is 0 Å². The first-order valence-corrected chi connectivity index (χ1v) is 8.77. The standard InChI is InChI=1S/C15H25N3O2S/c1-14-4-6-15(7-5-14)21(19,20)18-12-10-16(2)8-9-17(3)11-13-18/h4-7H,8-13H2,1-3H3. The summed E-state index contributed by atoms with van der Waals surface area (Å²) in [5, 5.41) is 0. The van der Waals surface area contributed by atoms with Crippen molar-refractivity contribution < 1.29 is 8.42 Å². The molecule has 6 heteroatoms. The highest BCUT2D eigenvalue weighted by Crippen LogP contribution is 2.16. The van der Waals surface area contributed by atoms with Gasteiger partial charge in [0, 0.05) is 39.3 Å². The molecule has 0 spiro atoms. The van der Waals surface area contributed by atoms with Crippen molar-refractivity contribution in [2.24, 2.45) is 0 Å². The molecule has 0 aliphatic carbocycles. The highest BCUT2D eigenvalue weighted by Gasteiger charge is 2.25. The van der Waals surface area contributed by atoms with E-state index in [1.165, 1.54) is 0 Å². The van der Waals surface area contributed by atoms with Gasteiger partial charge in [-0.2, -0.15) is 4.31 Å². The molecular formula is C15H25N3O2S. The van der Waals surface area contributed by atoms with E-state index >= 15 is 0 Å². The minimum absolute atomic E-state index is 0.387. The van der Waals surface area contributed by atoms with Crippen LogP contribution in [0.5, 0.6) is 0 Å². The quantitative estimate of drug-likeness (QED) is 0.813. The molecule has 1 aliphatic rings. The maximum absolute atomic E-state index is 12.8. The van der Waals surface area contributed by atoms with E-state index in [1.54, 1.807) is 16.4 Å². The fourth-order valence-electron chi connectivity index (χ4n) is 2.34. The normalized spacial score (nSPS) is 20.7. The van der Waals surface area contributed by atoms with Crippen LogP contribution in [0.15, 0.2) is 29.2 Å². The van der Waals surface area contributed by atoms with Gasteiger partial charge < -0.3 is 9.80 Å². The number of benzene rings is 1. The van der Waals surface area contributed by atoms with Crippen molar-refractivity contribution in [2.45, 2.75) is 11.8 Å². The molecule has 0 atom stereocenters. The number of likely N-dealkylation sites (N-methyl/N-ethyl adjacent to an activating group) is 2. The molecule has 0 N–H and O–H groups in total. The summed E-state index contributed by atoms with van der Waals surface area (Å²) in [5.74, 6) is 0. The van der Waals surface area contributed by atoms with Crippen LogP contribution < -0.4 is 0 Å². The Morgan fingerprint density at radius 3 is 1.71 bits per heavy atom. The van der Waals surface area contributed by atoms with Gasteiger partial charge in [0.2, 0.25) is 10.0 Å². The molecule has 118 valence electrons. The van der Waals surface area contributed by atoms with E-state index in [0.717, 1.165) is 31.7 Å².